The van der Waals surface area contributed by atoms with Crippen molar-refractivity contribution in [2.75, 3.05) is 5.73 Å². The molecule has 0 spiro atoms. The summed E-state index contributed by atoms with van der Waals surface area (Å²) in [5, 5.41) is 0.867. The number of hydrogen-bond acceptors (Lipinski definition) is 2. The zero-order chi connectivity index (χ0) is 14.0. The Kier molecular flexibility index (Phi) is 4.23. The van der Waals surface area contributed by atoms with E-state index >= 15 is 0 Å². The maximum atomic E-state index is 5.96. The van der Waals surface area contributed by atoms with Crippen LogP contribution in [0, 0.1) is 13.8 Å². The van der Waals surface area contributed by atoms with Gasteiger partial charge < -0.3 is 10.5 Å². The van der Waals surface area contributed by atoms with Crippen LogP contribution in [0.5, 0.6) is 5.75 Å². The van der Waals surface area contributed by atoms with Gasteiger partial charge in [-0.05, 0) is 36.6 Å². The first-order valence-electron chi connectivity index (χ1n) is 5.91. The molecule has 2 aromatic rings. The summed E-state index contributed by atoms with van der Waals surface area (Å²) in [6, 6.07) is 9.40. The van der Waals surface area contributed by atoms with Crippen molar-refractivity contribution >= 4 is 28.9 Å². The Morgan fingerprint density at radius 2 is 1.63 bits per heavy atom. The predicted octanol–water partition coefficient (Wildman–Crippen LogP) is 4.77. The Morgan fingerprint density at radius 3 is 2.26 bits per heavy atom. The van der Waals surface area contributed by atoms with E-state index < -0.39 is 0 Å². The first kappa shape index (κ1) is 14.0. The van der Waals surface area contributed by atoms with Crippen LogP contribution in [0.3, 0.4) is 0 Å². The SMILES string of the molecule is Cc1cccc(C)c1COc1cc(Cl)c(Cl)cc1N. The summed E-state index contributed by atoms with van der Waals surface area (Å²) in [5.41, 5.74) is 9.90. The number of nitrogens with two attached hydrogens (primary N) is 1. The summed E-state index contributed by atoms with van der Waals surface area (Å²) in [4.78, 5) is 0. The molecule has 2 N–H and O–H groups in total. The summed E-state index contributed by atoms with van der Waals surface area (Å²) >= 11 is 11.8. The largest absolute Gasteiger partial charge is 0.487 e. The molecular formula is C15H15Cl2NO. The van der Waals surface area contributed by atoms with Crippen molar-refractivity contribution in [3.63, 3.8) is 0 Å². The van der Waals surface area contributed by atoms with Crippen LogP contribution < -0.4 is 10.5 Å². The third-order valence-electron chi connectivity index (χ3n) is 3.07. The number of anilines is 1. The molecule has 19 heavy (non-hydrogen) atoms. The highest BCUT2D eigenvalue weighted by Gasteiger charge is 2.08. The van der Waals surface area contributed by atoms with Gasteiger partial charge in [-0.25, -0.2) is 0 Å². The number of ether oxygens (including phenoxy) is 1. The number of benzene rings is 2. The van der Waals surface area contributed by atoms with Crippen LogP contribution in [0.25, 0.3) is 0 Å². The molecule has 0 atom stereocenters. The molecule has 100 valence electrons. The molecule has 0 bridgehead atoms. The van der Waals surface area contributed by atoms with Gasteiger partial charge in [0, 0.05) is 6.07 Å². The van der Waals surface area contributed by atoms with Gasteiger partial charge in [-0.2, -0.15) is 0 Å². The van der Waals surface area contributed by atoms with Gasteiger partial charge in [0.05, 0.1) is 15.7 Å². The smallest absolute Gasteiger partial charge is 0.144 e. The highest BCUT2D eigenvalue weighted by atomic mass is 35.5. The molecule has 0 heterocycles. The number of halogens is 2. The van der Waals surface area contributed by atoms with Crippen molar-refractivity contribution in [2.24, 2.45) is 0 Å². The topological polar surface area (TPSA) is 35.2 Å². The summed E-state index contributed by atoms with van der Waals surface area (Å²) < 4.78 is 5.75. The lowest BCUT2D eigenvalue weighted by molar-refractivity contribution is 0.306. The minimum atomic E-state index is 0.429. The molecule has 0 aromatic heterocycles. The molecular weight excluding hydrogens is 281 g/mol. The van der Waals surface area contributed by atoms with Gasteiger partial charge in [0.15, 0.2) is 0 Å². The molecule has 2 nitrogen and oxygen atoms in total. The Morgan fingerprint density at radius 1 is 1.05 bits per heavy atom. The van der Waals surface area contributed by atoms with Crippen molar-refractivity contribution in [2.45, 2.75) is 20.5 Å². The third kappa shape index (κ3) is 3.14. The first-order valence-corrected chi connectivity index (χ1v) is 6.67. The number of rotatable bonds is 3. The van der Waals surface area contributed by atoms with E-state index in [2.05, 4.69) is 26.0 Å². The molecule has 2 aromatic carbocycles. The van der Waals surface area contributed by atoms with E-state index in [4.69, 9.17) is 33.7 Å². The van der Waals surface area contributed by atoms with Crippen molar-refractivity contribution in [1.29, 1.82) is 0 Å². The van der Waals surface area contributed by atoms with Crippen LogP contribution >= 0.6 is 23.2 Å². The monoisotopic (exact) mass is 295 g/mol. The summed E-state index contributed by atoms with van der Waals surface area (Å²) in [6.07, 6.45) is 0. The van der Waals surface area contributed by atoms with Crippen LogP contribution in [0.4, 0.5) is 5.69 Å². The average molecular weight is 296 g/mol. The first-order chi connectivity index (χ1) is 8.99. The van der Waals surface area contributed by atoms with Crippen molar-refractivity contribution in [3.8, 4) is 5.75 Å². The molecule has 0 aliphatic carbocycles. The lowest BCUT2D eigenvalue weighted by Crippen LogP contribution is -2.02. The van der Waals surface area contributed by atoms with E-state index in [1.54, 1.807) is 12.1 Å². The van der Waals surface area contributed by atoms with Crippen LogP contribution in [0.15, 0.2) is 30.3 Å². The zero-order valence-electron chi connectivity index (χ0n) is 10.8. The Bertz CT molecular complexity index is 591. The molecule has 0 unspecified atom stereocenters. The van der Waals surface area contributed by atoms with Crippen molar-refractivity contribution in [1.82, 2.24) is 0 Å². The quantitative estimate of drug-likeness (QED) is 0.828. The molecule has 0 amide bonds. The fourth-order valence-corrected chi connectivity index (χ4v) is 2.22. The van der Waals surface area contributed by atoms with Gasteiger partial charge in [-0.3, -0.25) is 0 Å². The lowest BCUT2D eigenvalue weighted by Gasteiger charge is -2.13. The van der Waals surface area contributed by atoms with Crippen LogP contribution in [0.2, 0.25) is 10.0 Å². The average Bonchev–Trinajstić information content (AvgIpc) is 2.34. The van der Waals surface area contributed by atoms with E-state index in [-0.39, 0.29) is 0 Å². The summed E-state index contributed by atoms with van der Waals surface area (Å²) in [6.45, 7) is 4.58. The zero-order valence-corrected chi connectivity index (χ0v) is 12.3. The van der Waals surface area contributed by atoms with Crippen LogP contribution in [0.1, 0.15) is 16.7 Å². The van der Waals surface area contributed by atoms with Gasteiger partial charge in [0.25, 0.3) is 0 Å². The minimum absolute atomic E-state index is 0.429. The van der Waals surface area contributed by atoms with E-state index in [1.165, 1.54) is 11.1 Å². The second-order valence-corrected chi connectivity index (χ2v) is 5.28. The Hall–Kier alpha value is -1.38. The molecule has 2 rings (SSSR count). The fraction of sp³-hybridized carbons (Fsp3) is 0.200. The number of hydrogen-bond donors (Lipinski definition) is 1. The standard InChI is InChI=1S/C15H15Cl2NO/c1-9-4-3-5-10(2)11(9)8-19-15-7-13(17)12(16)6-14(15)18/h3-7H,8,18H2,1-2H3. The van der Waals surface area contributed by atoms with Gasteiger partial charge in [0.2, 0.25) is 0 Å². The number of nitrogen functional groups attached to an aromatic ring is 1. The molecule has 0 saturated carbocycles. The molecule has 0 saturated heterocycles. The van der Waals surface area contributed by atoms with Gasteiger partial charge >= 0.3 is 0 Å². The Labute approximate surface area is 123 Å². The van der Waals surface area contributed by atoms with Crippen molar-refractivity contribution in [3.05, 3.63) is 57.1 Å². The molecule has 0 aliphatic rings. The molecule has 0 fully saturated rings. The lowest BCUT2D eigenvalue weighted by atomic mass is 10.0. The molecule has 0 aliphatic heterocycles. The van der Waals surface area contributed by atoms with E-state index in [9.17, 15) is 0 Å². The highest BCUT2D eigenvalue weighted by molar-refractivity contribution is 6.42. The van der Waals surface area contributed by atoms with Crippen LogP contribution in [-0.4, -0.2) is 0 Å². The van der Waals surface area contributed by atoms with E-state index in [0.717, 1.165) is 5.56 Å². The Balaban J connectivity index is 2.22. The minimum Gasteiger partial charge on any atom is -0.487 e. The maximum Gasteiger partial charge on any atom is 0.144 e. The van der Waals surface area contributed by atoms with Crippen LogP contribution in [-0.2, 0) is 6.61 Å². The maximum absolute atomic E-state index is 5.96. The summed E-state index contributed by atoms with van der Waals surface area (Å²) in [7, 11) is 0. The molecule has 0 radical (unpaired) electrons. The van der Waals surface area contributed by atoms with Gasteiger partial charge in [-0.15, -0.1) is 0 Å². The van der Waals surface area contributed by atoms with E-state index in [0.29, 0.717) is 28.1 Å². The third-order valence-corrected chi connectivity index (χ3v) is 3.79. The van der Waals surface area contributed by atoms with Crippen molar-refractivity contribution < 1.29 is 4.74 Å². The number of aryl methyl sites for hydroxylation is 2. The van der Waals surface area contributed by atoms with Gasteiger partial charge in [0.1, 0.15) is 12.4 Å². The second kappa shape index (κ2) is 5.72. The van der Waals surface area contributed by atoms with E-state index in [1.807, 2.05) is 6.07 Å². The normalized spacial score (nSPS) is 10.5. The second-order valence-electron chi connectivity index (χ2n) is 4.46. The molecule has 4 heteroatoms. The predicted molar refractivity (Wildman–Crippen MR) is 81.1 cm³/mol. The highest BCUT2D eigenvalue weighted by Crippen LogP contribution is 2.33. The summed E-state index contributed by atoms with van der Waals surface area (Å²) in [5.74, 6) is 0.553. The van der Waals surface area contributed by atoms with Gasteiger partial charge in [-0.1, -0.05) is 41.4 Å². The fourth-order valence-electron chi connectivity index (χ4n) is 1.90.